The van der Waals surface area contributed by atoms with Gasteiger partial charge in [0.05, 0.1) is 12.7 Å². The lowest BCUT2D eigenvalue weighted by Gasteiger charge is -2.33. The third-order valence-electron chi connectivity index (χ3n) is 4.60. The molecule has 0 heterocycles. The summed E-state index contributed by atoms with van der Waals surface area (Å²) in [6.45, 7) is 6.73. The summed E-state index contributed by atoms with van der Waals surface area (Å²) in [5.41, 5.74) is 0. The van der Waals surface area contributed by atoms with Crippen LogP contribution in [-0.4, -0.2) is 25.3 Å². The molecule has 0 aliphatic heterocycles. The van der Waals surface area contributed by atoms with Crippen molar-refractivity contribution in [1.82, 2.24) is 5.32 Å². The molecular weight excluding hydrogens is 210 g/mol. The maximum absolute atomic E-state index is 5.89. The molecule has 0 radical (unpaired) electrons. The van der Waals surface area contributed by atoms with E-state index < -0.39 is 0 Å². The van der Waals surface area contributed by atoms with Crippen molar-refractivity contribution >= 4 is 0 Å². The molecule has 2 aliphatic rings. The Morgan fingerprint density at radius 1 is 1.06 bits per heavy atom. The van der Waals surface area contributed by atoms with E-state index in [1.54, 1.807) is 0 Å². The van der Waals surface area contributed by atoms with Crippen LogP contribution in [0.25, 0.3) is 0 Å². The lowest BCUT2D eigenvalue weighted by molar-refractivity contribution is 0.0567. The lowest BCUT2D eigenvalue weighted by Crippen LogP contribution is -2.40. The van der Waals surface area contributed by atoms with Gasteiger partial charge in [-0.1, -0.05) is 26.7 Å². The fourth-order valence-corrected chi connectivity index (χ4v) is 3.49. The maximum atomic E-state index is 5.89. The van der Waals surface area contributed by atoms with Crippen LogP contribution < -0.4 is 5.32 Å². The molecule has 100 valence electrons. The zero-order chi connectivity index (χ0) is 12.1. The minimum absolute atomic E-state index is 0.570. The molecule has 17 heavy (non-hydrogen) atoms. The van der Waals surface area contributed by atoms with Crippen LogP contribution in [-0.2, 0) is 4.74 Å². The molecule has 2 rings (SSSR count). The Morgan fingerprint density at radius 3 is 2.53 bits per heavy atom. The van der Waals surface area contributed by atoms with Crippen molar-refractivity contribution in [3.05, 3.63) is 0 Å². The van der Waals surface area contributed by atoms with Crippen molar-refractivity contribution in [3.63, 3.8) is 0 Å². The van der Waals surface area contributed by atoms with Crippen LogP contribution in [0.3, 0.4) is 0 Å². The Labute approximate surface area is 107 Å². The second kappa shape index (κ2) is 6.75. The van der Waals surface area contributed by atoms with Crippen LogP contribution in [0.15, 0.2) is 0 Å². The van der Waals surface area contributed by atoms with Crippen LogP contribution >= 0.6 is 0 Å². The standard InChI is InChI=1S/C15H29NO/c1-12-7-8-15(13(2)11-12)16-9-10-17-14-5-3-4-6-14/h12-16H,3-11H2,1-2H3. The Morgan fingerprint density at radius 2 is 1.82 bits per heavy atom. The summed E-state index contributed by atoms with van der Waals surface area (Å²) >= 11 is 0. The van der Waals surface area contributed by atoms with Gasteiger partial charge in [0, 0.05) is 12.6 Å². The maximum Gasteiger partial charge on any atom is 0.0594 e. The van der Waals surface area contributed by atoms with Crippen LogP contribution in [0, 0.1) is 11.8 Å². The monoisotopic (exact) mass is 239 g/mol. The van der Waals surface area contributed by atoms with E-state index >= 15 is 0 Å². The second-order valence-corrected chi connectivity index (χ2v) is 6.23. The van der Waals surface area contributed by atoms with Crippen molar-refractivity contribution < 1.29 is 4.74 Å². The highest BCUT2D eigenvalue weighted by Gasteiger charge is 2.24. The van der Waals surface area contributed by atoms with Crippen LogP contribution in [0.5, 0.6) is 0 Å². The van der Waals surface area contributed by atoms with E-state index in [2.05, 4.69) is 19.2 Å². The van der Waals surface area contributed by atoms with Crippen molar-refractivity contribution in [2.45, 2.75) is 70.9 Å². The molecule has 0 amide bonds. The van der Waals surface area contributed by atoms with Crippen molar-refractivity contribution in [2.24, 2.45) is 11.8 Å². The van der Waals surface area contributed by atoms with Gasteiger partial charge in [0.1, 0.15) is 0 Å². The third-order valence-corrected chi connectivity index (χ3v) is 4.60. The minimum atomic E-state index is 0.570. The average Bonchev–Trinajstić information content (AvgIpc) is 2.79. The first kappa shape index (κ1) is 13.4. The van der Waals surface area contributed by atoms with Gasteiger partial charge in [-0.3, -0.25) is 0 Å². The molecule has 0 saturated heterocycles. The van der Waals surface area contributed by atoms with E-state index in [4.69, 9.17) is 4.74 Å². The number of hydrogen-bond donors (Lipinski definition) is 1. The summed E-state index contributed by atoms with van der Waals surface area (Å²) in [5, 5.41) is 3.69. The Balaban J connectivity index is 1.55. The molecule has 1 N–H and O–H groups in total. The van der Waals surface area contributed by atoms with Gasteiger partial charge < -0.3 is 10.1 Å². The topological polar surface area (TPSA) is 21.3 Å². The summed E-state index contributed by atoms with van der Waals surface area (Å²) < 4.78 is 5.89. The molecule has 2 heteroatoms. The fraction of sp³-hybridized carbons (Fsp3) is 1.00. The summed E-state index contributed by atoms with van der Waals surface area (Å²) in [4.78, 5) is 0. The highest BCUT2D eigenvalue weighted by atomic mass is 16.5. The zero-order valence-corrected chi connectivity index (χ0v) is 11.6. The smallest absolute Gasteiger partial charge is 0.0594 e. The molecule has 3 unspecified atom stereocenters. The molecule has 0 aromatic rings. The predicted molar refractivity (Wildman–Crippen MR) is 72.2 cm³/mol. The number of hydrogen-bond acceptors (Lipinski definition) is 2. The van der Waals surface area contributed by atoms with Crippen LogP contribution in [0.2, 0.25) is 0 Å². The van der Waals surface area contributed by atoms with E-state index in [0.717, 1.165) is 31.0 Å². The van der Waals surface area contributed by atoms with E-state index in [9.17, 15) is 0 Å². The highest BCUT2D eigenvalue weighted by molar-refractivity contribution is 4.80. The van der Waals surface area contributed by atoms with E-state index in [1.165, 1.54) is 44.9 Å². The van der Waals surface area contributed by atoms with Crippen molar-refractivity contribution in [1.29, 1.82) is 0 Å². The van der Waals surface area contributed by atoms with Gasteiger partial charge in [0.2, 0.25) is 0 Å². The van der Waals surface area contributed by atoms with Crippen LogP contribution in [0.1, 0.15) is 58.8 Å². The van der Waals surface area contributed by atoms with Gasteiger partial charge in [-0.2, -0.15) is 0 Å². The molecule has 2 fully saturated rings. The number of ether oxygens (including phenoxy) is 1. The van der Waals surface area contributed by atoms with Gasteiger partial charge in [0.15, 0.2) is 0 Å². The fourth-order valence-electron chi connectivity index (χ4n) is 3.49. The largest absolute Gasteiger partial charge is 0.377 e. The van der Waals surface area contributed by atoms with Crippen LogP contribution in [0.4, 0.5) is 0 Å². The summed E-state index contributed by atoms with van der Waals surface area (Å²) in [7, 11) is 0. The molecule has 0 bridgehead atoms. The van der Waals surface area contributed by atoms with Gasteiger partial charge in [-0.05, 0) is 43.9 Å². The lowest BCUT2D eigenvalue weighted by atomic mass is 9.80. The Kier molecular flexibility index (Phi) is 5.30. The summed E-state index contributed by atoms with van der Waals surface area (Å²) in [6, 6.07) is 0.735. The Hall–Kier alpha value is -0.0800. The first-order valence-electron chi connectivity index (χ1n) is 7.60. The van der Waals surface area contributed by atoms with E-state index in [0.29, 0.717) is 6.10 Å². The quantitative estimate of drug-likeness (QED) is 0.743. The molecule has 2 saturated carbocycles. The molecule has 3 atom stereocenters. The minimum Gasteiger partial charge on any atom is -0.377 e. The van der Waals surface area contributed by atoms with Crippen molar-refractivity contribution in [3.8, 4) is 0 Å². The molecular formula is C15H29NO. The second-order valence-electron chi connectivity index (χ2n) is 6.23. The van der Waals surface area contributed by atoms with Gasteiger partial charge in [0.25, 0.3) is 0 Å². The number of nitrogens with one attached hydrogen (secondary N) is 1. The normalized spacial score (nSPS) is 35.3. The summed E-state index contributed by atoms with van der Waals surface area (Å²) in [5.74, 6) is 1.77. The molecule has 2 aliphatic carbocycles. The van der Waals surface area contributed by atoms with Crippen molar-refractivity contribution in [2.75, 3.05) is 13.2 Å². The van der Waals surface area contributed by atoms with E-state index in [1.807, 2.05) is 0 Å². The van der Waals surface area contributed by atoms with Gasteiger partial charge in [-0.15, -0.1) is 0 Å². The summed E-state index contributed by atoms with van der Waals surface area (Å²) in [6.07, 6.45) is 10.0. The average molecular weight is 239 g/mol. The van der Waals surface area contributed by atoms with E-state index in [-0.39, 0.29) is 0 Å². The first-order valence-corrected chi connectivity index (χ1v) is 7.60. The molecule has 0 aromatic heterocycles. The molecule has 0 spiro atoms. The zero-order valence-electron chi connectivity index (χ0n) is 11.6. The first-order chi connectivity index (χ1) is 8.25. The third kappa shape index (κ3) is 4.26. The SMILES string of the molecule is CC1CCC(NCCOC2CCCC2)C(C)C1. The Bertz CT molecular complexity index is 213. The highest BCUT2D eigenvalue weighted by Crippen LogP contribution is 2.28. The predicted octanol–water partition coefficient (Wildman–Crippen LogP) is 3.36. The van der Waals surface area contributed by atoms with Gasteiger partial charge >= 0.3 is 0 Å². The molecule has 2 nitrogen and oxygen atoms in total. The molecule has 0 aromatic carbocycles. The number of rotatable bonds is 5. The van der Waals surface area contributed by atoms with Gasteiger partial charge in [-0.25, -0.2) is 0 Å².